The van der Waals surface area contributed by atoms with Gasteiger partial charge in [-0.05, 0) is 36.6 Å². The van der Waals surface area contributed by atoms with Gasteiger partial charge in [-0.15, -0.1) is 0 Å². The highest BCUT2D eigenvalue weighted by molar-refractivity contribution is 5.95. The van der Waals surface area contributed by atoms with Crippen molar-refractivity contribution in [1.82, 2.24) is 0 Å². The van der Waals surface area contributed by atoms with E-state index in [0.717, 1.165) is 11.6 Å². The van der Waals surface area contributed by atoms with E-state index >= 15 is 0 Å². The van der Waals surface area contributed by atoms with Crippen molar-refractivity contribution in [2.24, 2.45) is 0 Å². The average molecular weight is 306 g/mol. The fourth-order valence-electron chi connectivity index (χ4n) is 1.80. The third kappa shape index (κ3) is 5.40. The zero-order chi connectivity index (χ0) is 16.5. The Hall–Kier alpha value is -2.63. The van der Waals surface area contributed by atoms with Gasteiger partial charge in [-0.1, -0.05) is 12.1 Å². The summed E-state index contributed by atoms with van der Waals surface area (Å²) in [6.45, 7) is 1.90. The lowest BCUT2D eigenvalue weighted by atomic mass is 10.0. The van der Waals surface area contributed by atoms with Crippen LogP contribution in [0.3, 0.4) is 0 Å². The normalized spacial score (nSPS) is 10.5. The van der Waals surface area contributed by atoms with E-state index in [1.54, 1.807) is 25.1 Å². The fraction of sp³-hybridized carbons (Fsp3) is 0.312. The Balaban J connectivity index is 3.05. The number of ether oxygens (including phenoxy) is 2. The van der Waals surface area contributed by atoms with Crippen LogP contribution in [0, 0.1) is 0 Å². The predicted octanol–water partition coefficient (Wildman–Crippen LogP) is 2.07. The molecular formula is C16H18O6. The second-order valence-corrected chi connectivity index (χ2v) is 4.39. The number of aliphatic carboxylic acids is 1. The predicted molar refractivity (Wildman–Crippen MR) is 79.4 cm³/mol. The van der Waals surface area contributed by atoms with E-state index in [9.17, 15) is 14.4 Å². The summed E-state index contributed by atoms with van der Waals surface area (Å²) in [5.41, 5.74) is 1.48. The molecule has 0 radical (unpaired) electrons. The number of hydrogen-bond donors (Lipinski definition) is 1. The Bertz CT molecular complexity index is 588. The minimum absolute atomic E-state index is 0.197. The number of rotatable bonds is 7. The molecule has 1 aromatic rings. The van der Waals surface area contributed by atoms with Crippen LogP contribution >= 0.6 is 0 Å². The van der Waals surface area contributed by atoms with Crippen LogP contribution < -0.4 is 0 Å². The van der Waals surface area contributed by atoms with Gasteiger partial charge in [0.1, 0.15) is 0 Å². The van der Waals surface area contributed by atoms with Gasteiger partial charge in [-0.2, -0.15) is 0 Å². The molecule has 0 aromatic heterocycles. The van der Waals surface area contributed by atoms with Crippen LogP contribution in [0.5, 0.6) is 0 Å². The summed E-state index contributed by atoms with van der Waals surface area (Å²) >= 11 is 0. The van der Waals surface area contributed by atoms with Crippen LogP contribution in [0.1, 0.15) is 34.8 Å². The SMILES string of the molecule is CCOC(=O)c1cc(CCC(=O)OC)ccc1/C=C/C(=O)O. The molecule has 0 saturated heterocycles. The number of esters is 2. The van der Waals surface area contributed by atoms with Gasteiger partial charge >= 0.3 is 17.9 Å². The number of carboxylic acid groups (broad SMARTS) is 1. The first-order chi connectivity index (χ1) is 10.5. The fourth-order valence-corrected chi connectivity index (χ4v) is 1.80. The van der Waals surface area contributed by atoms with E-state index in [-0.39, 0.29) is 24.6 Å². The summed E-state index contributed by atoms with van der Waals surface area (Å²) < 4.78 is 9.54. The molecular weight excluding hydrogens is 288 g/mol. The topological polar surface area (TPSA) is 89.9 Å². The molecule has 0 heterocycles. The molecule has 0 unspecified atom stereocenters. The smallest absolute Gasteiger partial charge is 0.338 e. The number of hydrogen-bond acceptors (Lipinski definition) is 5. The molecule has 0 aliphatic rings. The summed E-state index contributed by atoms with van der Waals surface area (Å²) in [5.74, 6) is -1.98. The van der Waals surface area contributed by atoms with Gasteiger partial charge in [0.25, 0.3) is 0 Å². The Morgan fingerprint density at radius 1 is 1.27 bits per heavy atom. The largest absolute Gasteiger partial charge is 0.478 e. The van der Waals surface area contributed by atoms with Gasteiger partial charge in [0.2, 0.25) is 0 Å². The molecule has 1 rings (SSSR count). The van der Waals surface area contributed by atoms with Crippen LogP contribution in [0.4, 0.5) is 0 Å². The van der Waals surface area contributed by atoms with Crippen LogP contribution in [-0.4, -0.2) is 36.7 Å². The minimum atomic E-state index is -1.11. The molecule has 6 heteroatoms. The minimum Gasteiger partial charge on any atom is -0.478 e. The zero-order valence-electron chi connectivity index (χ0n) is 12.5. The van der Waals surface area contributed by atoms with E-state index in [2.05, 4.69) is 4.74 Å². The number of carbonyl (C=O) groups is 3. The Morgan fingerprint density at radius 3 is 2.59 bits per heavy atom. The Kier molecular flexibility index (Phi) is 6.82. The van der Waals surface area contributed by atoms with E-state index in [1.165, 1.54) is 13.2 Å². The molecule has 0 atom stereocenters. The van der Waals surface area contributed by atoms with Crippen LogP contribution in [0.25, 0.3) is 6.08 Å². The molecule has 0 aliphatic carbocycles. The lowest BCUT2D eigenvalue weighted by Gasteiger charge is -2.08. The quantitative estimate of drug-likeness (QED) is 0.612. The van der Waals surface area contributed by atoms with Gasteiger partial charge in [0.15, 0.2) is 0 Å². The molecule has 6 nitrogen and oxygen atoms in total. The average Bonchev–Trinajstić information content (AvgIpc) is 2.50. The lowest BCUT2D eigenvalue weighted by Crippen LogP contribution is -2.08. The second-order valence-electron chi connectivity index (χ2n) is 4.39. The summed E-state index contributed by atoms with van der Waals surface area (Å²) in [7, 11) is 1.31. The maximum absolute atomic E-state index is 12.0. The first-order valence-electron chi connectivity index (χ1n) is 6.75. The zero-order valence-corrected chi connectivity index (χ0v) is 12.5. The van der Waals surface area contributed by atoms with Gasteiger partial charge in [0, 0.05) is 12.5 Å². The second kappa shape index (κ2) is 8.61. The molecule has 1 aromatic carbocycles. The number of carbonyl (C=O) groups excluding carboxylic acids is 2. The Labute approximate surface area is 128 Å². The van der Waals surface area contributed by atoms with Crippen molar-refractivity contribution >= 4 is 24.0 Å². The van der Waals surface area contributed by atoms with E-state index in [0.29, 0.717) is 12.0 Å². The highest BCUT2D eigenvalue weighted by Crippen LogP contribution is 2.17. The highest BCUT2D eigenvalue weighted by Gasteiger charge is 2.13. The van der Waals surface area contributed by atoms with Crippen LogP contribution in [-0.2, 0) is 25.5 Å². The summed E-state index contributed by atoms with van der Waals surface area (Å²) in [5, 5.41) is 8.68. The maximum atomic E-state index is 12.0. The van der Waals surface area contributed by atoms with E-state index in [4.69, 9.17) is 9.84 Å². The van der Waals surface area contributed by atoms with E-state index < -0.39 is 11.9 Å². The summed E-state index contributed by atoms with van der Waals surface area (Å²) in [4.78, 5) is 33.7. The van der Waals surface area contributed by atoms with E-state index in [1.807, 2.05) is 0 Å². The molecule has 0 aliphatic heterocycles. The van der Waals surface area contributed by atoms with Crippen LogP contribution in [0.15, 0.2) is 24.3 Å². The summed E-state index contributed by atoms with van der Waals surface area (Å²) in [6, 6.07) is 4.95. The van der Waals surface area contributed by atoms with Crippen molar-refractivity contribution in [3.05, 3.63) is 41.0 Å². The number of carboxylic acids is 1. The number of methoxy groups -OCH3 is 1. The molecule has 0 spiro atoms. The van der Waals surface area contributed by atoms with Gasteiger partial charge < -0.3 is 14.6 Å². The van der Waals surface area contributed by atoms with Crippen molar-refractivity contribution in [2.75, 3.05) is 13.7 Å². The molecule has 118 valence electrons. The standard InChI is InChI=1S/C16H18O6/c1-3-22-16(20)13-10-11(5-9-15(19)21-2)4-6-12(13)7-8-14(17)18/h4,6-8,10H,3,5,9H2,1-2H3,(H,17,18)/b8-7+. The van der Waals surface area contributed by atoms with Gasteiger partial charge in [-0.3, -0.25) is 4.79 Å². The lowest BCUT2D eigenvalue weighted by molar-refractivity contribution is -0.140. The van der Waals surface area contributed by atoms with Crippen molar-refractivity contribution in [3.8, 4) is 0 Å². The third-order valence-corrected chi connectivity index (χ3v) is 2.86. The Morgan fingerprint density at radius 2 is 2.00 bits per heavy atom. The maximum Gasteiger partial charge on any atom is 0.338 e. The highest BCUT2D eigenvalue weighted by atomic mass is 16.5. The van der Waals surface area contributed by atoms with Crippen LogP contribution in [0.2, 0.25) is 0 Å². The van der Waals surface area contributed by atoms with Gasteiger partial charge in [-0.25, -0.2) is 9.59 Å². The van der Waals surface area contributed by atoms with Crippen molar-refractivity contribution < 1.29 is 29.0 Å². The molecule has 0 fully saturated rings. The first kappa shape index (κ1) is 17.4. The summed E-state index contributed by atoms with van der Waals surface area (Å²) in [6.07, 6.45) is 2.90. The molecule has 22 heavy (non-hydrogen) atoms. The first-order valence-corrected chi connectivity index (χ1v) is 6.75. The molecule has 1 N–H and O–H groups in total. The van der Waals surface area contributed by atoms with Crippen molar-refractivity contribution in [2.45, 2.75) is 19.8 Å². The molecule has 0 saturated carbocycles. The monoisotopic (exact) mass is 306 g/mol. The van der Waals surface area contributed by atoms with Gasteiger partial charge in [0.05, 0.1) is 19.3 Å². The number of aryl methyl sites for hydroxylation is 1. The van der Waals surface area contributed by atoms with Crippen molar-refractivity contribution in [3.63, 3.8) is 0 Å². The third-order valence-electron chi connectivity index (χ3n) is 2.86. The molecule has 0 bridgehead atoms. The van der Waals surface area contributed by atoms with Crippen molar-refractivity contribution in [1.29, 1.82) is 0 Å². The molecule has 0 amide bonds. The number of benzene rings is 1.